The molecule has 1 aromatic carbocycles. The molecule has 1 saturated heterocycles. The van der Waals surface area contributed by atoms with Gasteiger partial charge in [-0.1, -0.05) is 31.2 Å². The second kappa shape index (κ2) is 8.21. The largest absolute Gasteiger partial charge is 0.356 e. The summed E-state index contributed by atoms with van der Waals surface area (Å²) in [5.74, 6) is 0.0600. The number of benzene rings is 1. The molecule has 2 aliphatic heterocycles. The van der Waals surface area contributed by atoms with Crippen molar-refractivity contribution in [1.29, 1.82) is 0 Å². The number of fused-ring (bicyclic) bond motifs is 1. The zero-order valence-electron chi connectivity index (χ0n) is 16.1. The second-order valence-corrected chi connectivity index (χ2v) is 7.90. The first-order chi connectivity index (χ1) is 12.5. The molecule has 2 amide bonds. The van der Waals surface area contributed by atoms with E-state index in [-0.39, 0.29) is 17.2 Å². The van der Waals surface area contributed by atoms with E-state index in [2.05, 4.69) is 41.4 Å². The molecule has 1 unspecified atom stereocenters. The monoisotopic (exact) mass is 357 g/mol. The highest BCUT2D eigenvalue weighted by atomic mass is 16.2. The van der Waals surface area contributed by atoms with Gasteiger partial charge in [0.15, 0.2) is 0 Å². The van der Waals surface area contributed by atoms with E-state index >= 15 is 0 Å². The van der Waals surface area contributed by atoms with Crippen LogP contribution >= 0.6 is 0 Å². The van der Waals surface area contributed by atoms with Crippen LogP contribution in [0.5, 0.6) is 0 Å². The van der Waals surface area contributed by atoms with Crippen molar-refractivity contribution in [3.63, 3.8) is 0 Å². The Labute approximate surface area is 156 Å². The molecule has 2 aliphatic rings. The van der Waals surface area contributed by atoms with Crippen LogP contribution in [0, 0.1) is 5.41 Å². The molecule has 1 aromatic rings. The van der Waals surface area contributed by atoms with Crippen molar-refractivity contribution in [2.75, 3.05) is 32.7 Å². The standard InChI is InChI=1S/C21H31N3O2/c1-3-23-12-6-10-21(15-23)13-18-7-4-5-8-19(18)14-24(16-21)20(26)9-11-22-17(2)25/h4-5,7-8H,3,6,9-16H2,1-2H3,(H,22,25). The second-order valence-electron chi connectivity index (χ2n) is 7.90. The highest BCUT2D eigenvalue weighted by Crippen LogP contribution is 2.38. The minimum absolute atomic E-state index is 0.0821. The fraction of sp³-hybridized carbons (Fsp3) is 0.619. The van der Waals surface area contributed by atoms with E-state index in [1.807, 2.05) is 4.90 Å². The predicted molar refractivity (Wildman–Crippen MR) is 103 cm³/mol. The van der Waals surface area contributed by atoms with Crippen LogP contribution in [0.4, 0.5) is 0 Å². The van der Waals surface area contributed by atoms with E-state index in [1.54, 1.807) is 0 Å². The van der Waals surface area contributed by atoms with Crippen LogP contribution in [0.2, 0.25) is 0 Å². The van der Waals surface area contributed by atoms with Gasteiger partial charge in [-0.05, 0) is 43.5 Å². The molecule has 5 nitrogen and oxygen atoms in total. The van der Waals surface area contributed by atoms with Crippen molar-refractivity contribution < 1.29 is 9.59 Å². The predicted octanol–water partition coefficient (Wildman–Crippen LogP) is 2.20. The number of piperidine rings is 1. The van der Waals surface area contributed by atoms with Crippen LogP contribution in [-0.4, -0.2) is 54.3 Å². The topological polar surface area (TPSA) is 52.6 Å². The van der Waals surface area contributed by atoms with Gasteiger partial charge >= 0.3 is 0 Å². The Balaban J connectivity index is 1.81. The van der Waals surface area contributed by atoms with Gasteiger partial charge in [-0.15, -0.1) is 0 Å². The van der Waals surface area contributed by atoms with Gasteiger partial charge in [-0.2, -0.15) is 0 Å². The normalized spacial score (nSPS) is 23.4. The fourth-order valence-corrected chi connectivity index (χ4v) is 4.54. The number of nitrogens with one attached hydrogen (secondary N) is 1. The first kappa shape index (κ1) is 18.9. The molecule has 142 valence electrons. The van der Waals surface area contributed by atoms with E-state index in [9.17, 15) is 9.59 Å². The van der Waals surface area contributed by atoms with Gasteiger partial charge in [-0.25, -0.2) is 0 Å². The maximum atomic E-state index is 12.9. The quantitative estimate of drug-likeness (QED) is 0.899. The Morgan fingerprint density at radius 2 is 1.96 bits per heavy atom. The zero-order chi connectivity index (χ0) is 18.6. The van der Waals surface area contributed by atoms with E-state index in [1.165, 1.54) is 30.9 Å². The maximum Gasteiger partial charge on any atom is 0.224 e. The number of hydrogen-bond acceptors (Lipinski definition) is 3. The molecule has 0 aliphatic carbocycles. The molecule has 26 heavy (non-hydrogen) atoms. The lowest BCUT2D eigenvalue weighted by Gasteiger charge is -2.44. The van der Waals surface area contributed by atoms with Gasteiger partial charge in [0.2, 0.25) is 11.8 Å². The SMILES string of the molecule is CCN1CCCC2(Cc3ccccc3CN(C(=O)CCNC(C)=O)C2)C1. The van der Waals surface area contributed by atoms with Crippen molar-refractivity contribution in [2.24, 2.45) is 5.41 Å². The van der Waals surface area contributed by atoms with Crippen molar-refractivity contribution >= 4 is 11.8 Å². The average molecular weight is 357 g/mol. The maximum absolute atomic E-state index is 12.9. The summed E-state index contributed by atoms with van der Waals surface area (Å²) in [7, 11) is 0. The first-order valence-corrected chi connectivity index (χ1v) is 9.83. The summed E-state index contributed by atoms with van der Waals surface area (Å²) < 4.78 is 0. The molecule has 0 saturated carbocycles. The lowest BCUT2D eigenvalue weighted by molar-refractivity contribution is -0.134. The van der Waals surface area contributed by atoms with Crippen LogP contribution in [0.1, 0.15) is 44.2 Å². The smallest absolute Gasteiger partial charge is 0.224 e. The minimum Gasteiger partial charge on any atom is -0.356 e. The highest BCUT2D eigenvalue weighted by Gasteiger charge is 2.40. The Bertz CT molecular complexity index is 660. The molecule has 3 rings (SSSR count). The average Bonchev–Trinajstić information content (AvgIpc) is 2.77. The number of amides is 2. The molecule has 1 fully saturated rings. The number of rotatable bonds is 4. The molecule has 0 radical (unpaired) electrons. The molecule has 1 atom stereocenters. The van der Waals surface area contributed by atoms with Crippen molar-refractivity contribution in [3.05, 3.63) is 35.4 Å². The third kappa shape index (κ3) is 4.44. The number of carbonyl (C=O) groups is 2. The molecule has 0 bridgehead atoms. The van der Waals surface area contributed by atoms with Crippen LogP contribution in [0.25, 0.3) is 0 Å². The van der Waals surface area contributed by atoms with Crippen molar-refractivity contribution in [2.45, 2.75) is 46.1 Å². The summed E-state index contributed by atoms with van der Waals surface area (Å²) in [4.78, 5) is 28.5. The fourth-order valence-electron chi connectivity index (χ4n) is 4.54. The van der Waals surface area contributed by atoms with Gasteiger partial charge < -0.3 is 15.1 Å². The zero-order valence-corrected chi connectivity index (χ0v) is 16.1. The molecular formula is C21H31N3O2. The van der Waals surface area contributed by atoms with E-state index in [4.69, 9.17) is 0 Å². The number of likely N-dealkylation sites (tertiary alicyclic amines) is 1. The summed E-state index contributed by atoms with van der Waals surface area (Å²) in [5, 5.41) is 2.74. The Kier molecular flexibility index (Phi) is 5.97. The summed E-state index contributed by atoms with van der Waals surface area (Å²) in [6, 6.07) is 8.56. The molecule has 5 heteroatoms. The Morgan fingerprint density at radius 3 is 2.69 bits per heavy atom. The molecule has 0 aromatic heterocycles. The number of carbonyl (C=O) groups excluding carboxylic acids is 2. The first-order valence-electron chi connectivity index (χ1n) is 9.83. The van der Waals surface area contributed by atoms with Crippen molar-refractivity contribution in [3.8, 4) is 0 Å². The van der Waals surface area contributed by atoms with Crippen LogP contribution < -0.4 is 5.32 Å². The summed E-state index contributed by atoms with van der Waals surface area (Å²) >= 11 is 0. The Morgan fingerprint density at radius 1 is 1.19 bits per heavy atom. The third-order valence-electron chi connectivity index (χ3n) is 5.82. The van der Waals surface area contributed by atoms with Gasteiger partial charge in [0.05, 0.1) is 0 Å². The van der Waals surface area contributed by atoms with Gasteiger partial charge in [-0.3, -0.25) is 9.59 Å². The van der Waals surface area contributed by atoms with Gasteiger partial charge in [0, 0.05) is 44.9 Å². The summed E-state index contributed by atoms with van der Waals surface area (Å²) in [5.41, 5.74) is 2.80. The van der Waals surface area contributed by atoms with Gasteiger partial charge in [0.1, 0.15) is 0 Å². The Hall–Kier alpha value is -1.88. The molecule has 2 heterocycles. The number of nitrogens with zero attached hydrogens (tertiary/aromatic N) is 2. The third-order valence-corrected chi connectivity index (χ3v) is 5.82. The van der Waals surface area contributed by atoms with Crippen LogP contribution in [0.3, 0.4) is 0 Å². The lowest BCUT2D eigenvalue weighted by Crippen LogP contribution is -2.50. The van der Waals surface area contributed by atoms with E-state index < -0.39 is 0 Å². The van der Waals surface area contributed by atoms with E-state index in [0.29, 0.717) is 19.5 Å². The summed E-state index contributed by atoms with van der Waals surface area (Å²) in [6.07, 6.45) is 3.79. The molecule has 1 spiro atoms. The van der Waals surface area contributed by atoms with Crippen LogP contribution in [0.15, 0.2) is 24.3 Å². The summed E-state index contributed by atoms with van der Waals surface area (Å²) in [6.45, 7) is 8.92. The minimum atomic E-state index is -0.0821. The molecular weight excluding hydrogens is 326 g/mol. The lowest BCUT2D eigenvalue weighted by atomic mass is 9.75. The number of hydrogen-bond donors (Lipinski definition) is 1. The van der Waals surface area contributed by atoms with Crippen LogP contribution in [-0.2, 0) is 22.6 Å². The van der Waals surface area contributed by atoms with Gasteiger partial charge in [0.25, 0.3) is 0 Å². The highest BCUT2D eigenvalue weighted by molar-refractivity contribution is 5.78. The van der Waals surface area contributed by atoms with Crippen molar-refractivity contribution in [1.82, 2.24) is 15.1 Å². The molecule has 1 N–H and O–H groups in total. The van der Waals surface area contributed by atoms with E-state index in [0.717, 1.165) is 32.6 Å².